The number of hydrogen-bond acceptors (Lipinski definition) is 4. The van der Waals surface area contributed by atoms with E-state index in [0.29, 0.717) is 13.1 Å². The van der Waals surface area contributed by atoms with Gasteiger partial charge in [0.15, 0.2) is 5.78 Å². The first-order valence-electron chi connectivity index (χ1n) is 7.87. The molecule has 2 aliphatic heterocycles. The smallest absolute Gasteiger partial charge is 0.228 e. The van der Waals surface area contributed by atoms with Crippen molar-refractivity contribution >= 4 is 11.7 Å². The van der Waals surface area contributed by atoms with Crippen molar-refractivity contribution in [2.24, 2.45) is 11.8 Å². The van der Waals surface area contributed by atoms with Crippen LogP contribution in [0.25, 0.3) is 0 Å². The molecule has 2 saturated heterocycles. The number of hydrogen-bond donors (Lipinski definition) is 1. The summed E-state index contributed by atoms with van der Waals surface area (Å²) in [6.07, 6.45) is 1.52. The summed E-state index contributed by atoms with van der Waals surface area (Å²) in [6.45, 7) is 2.98. The summed E-state index contributed by atoms with van der Waals surface area (Å²) in [5.41, 5.74) is 0.730. The van der Waals surface area contributed by atoms with Crippen LogP contribution in [0.4, 0.5) is 0 Å². The number of Topliss-reactive ketones (excluding diaryl/α,β-unsaturated/α-hetero) is 1. The number of ketones is 1. The fourth-order valence-corrected chi connectivity index (χ4v) is 3.07. The Hall–Kier alpha value is -1.88. The number of carbonyl (C=O) groups is 2. The zero-order valence-electron chi connectivity index (χ0n) is 12.9. The summed E-state index contributed by atoms with van der Waals surface area (Å²) >= 11 is 0. The molecule has 2 heterocycles. The molecule has 2 aliphatic rings. The van der Waals surface area contributed by atoms with Gasteiger partial charge in [0.1, 0.15) is 5.75 Å². The number of methoxy groups -OCH3 is 1. The first kappa shape index (κ1) is 15.0. The fraction of sp³-hybridized carbons (Fsp3) is 0.529. The van der Waals surface area contributed by atoms with Gasteiger partial charge in [-0.1, -0.05) is 0 Å². The van der Waals surface area contributed by atoms with E-state index < -0.39 is 0 Å². The first-order chi connectivity index (χ1) is 10.7. The molecule has 0 aromatic heterocycles. The Morgan fingerprint density at radius 1 is 1.09 bits per heavy atom. The highest BCUT2D eigenvalue weighted by Crippen LogP contribution is 2.24. The third-order valence-corrected chi connectivity index (χ3v) is 4.68. The molecule has 1 aromatic rings. The molecule has 0 spiro atoms. The second kappa shape index (κ2) is 6.48. The van der Waals surface area contributed by atoms with Crippen molar-refractivity contribution in [3.8, 4) is 5.75 Å². The molecule has 0 saturated carbocycles. The van der Waals surface area contributed by atoms with Crippen molar-refractivity contribution in [3.05, 3.63) is 29.8 Å². The molecule has 0 atom stereocenters. The molecule has 0 unspecified atom stereocenters. The van der Waals surface area contributed by atoms with Crippen LogP contribution in [0.3, 0.4) is 0 Å². The van der Waals surface area contributed by atoms with Crippen LogP contribution in [0.15, 0.2) is 24.3 Å². The van der Waals surface area contributed by atoms with Gasteiger partial charge in [-0.2, -0.15) is 0 Å². The lowest BCUT2D eigenvalue weighted by Gasteiger charge is -2.36. The monoisotopic (exact) mass is 302 g/mol. The summed E-state index contributed by atoms with van der Waals surface area (Å²) < 4.78 is 5.11. The third kappa shape index (κ3) is 2.99. The average molecular weight is 302 g/mol. The van der Waals surface area contributed by atoms with E-state index in [1.54, 1.807) is 7.11 Å². The van der Waals surface area contributed by atoms with E-state index in [4.69, 9.17) is 4.74 Å². The number of amides is 1. The molecular weight excluding hydrogens is 280 g/mol. The molecular formula is C17H22N2O3. The Kier molecular flexibility index (Phi) is 4.43. The summed E-state index contributed by atoms with van der Waals surface area (Å²) in [7, 11) is 1.61. The second-order valence-electron chi connectivity index (χ2n) is 6.05. The molecule has 1 N–H and O–H groups in total. The van der Waals surface area contributed by atoms with Gasteiger partial charge in [-0.25, -0.2) is 0 Å². The zero-order valence-corrected chi connectivity index (χ0v) is 12.9. The first-order valence-corrected chi connectivity index (χ1v) is 7.87. The predicted octanol–water partition coefficient (Wildman–Crippen LogP) is 1.34. The van der Waals surface area contributed by atoms with Gasteiger partial charge in [-0.15, -0.1) is 0 Å². The Balaban J connectivity index is 1.55. The van der Waals surface area contributed by atoms with Gasteiger partial charge in [0.25, 0.3) is 0 Å². The van der Waals surface area contributed by atoms with Crippen LogP contribution in [0, 0.1) is 11.8 Å². The summed E-state index contributed by atoms with van der Waals surface area (Å²) in [4.78, 5) is 26.6. The van der Waals surface area contributed by atoms with Crippen LogP contribution < -0.4 is 10.1 Å². The minimum absolute atomic E-state index is 0.0250. The van der Waals surface area contributed by atoms with Crippen molar-refractivity contribution < 1.29 is 14.3 Å². The molecule has 5 heteroatoms. The van der Waals surface area contributed by atoms with Crippen molar-refractivity contribution in [2.75, 3.05) is 33.3 Å². The number of carbonyl (C=O) groups excluding carboxylic acids is 2. The normalized spacial score (nSPS) is 19.6. The number of ether oxygens (including phenoxy) is 1. The minimum atomic E-state index is 0.0250. The van der Waals surface area contributed by atoms with Crippen LogP contribution in [0.2, 0.25) is 0 Å². The Labute approximate surface area is 130 Å². The molecule has 22 heavy (non-hydrogen) atoms. The van der Waals surface area contributed by atoms with Gasteiger partial charge in [-0.05, 0) is 37.1 Å². The zero-order chi connectivity index (χ0) is 15.5. The number of piperidine rings is 1. The van der Waals surface area contributed by atoms with Crippen LogP contribution in [0.5, 0.6) is 5.75 Å². The Bertz CT molecular complexity index is 544. The quantitative estimate of drug-likeness (QED) is 0.853. The lowest BCUT2D eigenvalue weighted by Crippen LogP contribution is -2.53. The lowest BCUT2D eigenvalue weighted by molar-refractivity contribution is -0.138. The topological polar surface area (TPSA) is 58.6 Å². The van der Waals surface area contributed by atoms with Gasteiger partial charge < -0.3 is 15.0 Å². The van der Waals surface area contributed by atoms with E-state index in [9.17, 15) is 9.59 Å². The van der Waals surface area contributed by atoms with E-state index in [1.165, 1.54) is 0 Å². The maximum absolute atomic E-state index is 12.5. The van der Waals surface area contributed by atoms with E-state index in [2.05, 4.69) is 5.32 Å². The van der Waals surface area contributed by atoms with E-state index in [-0.39, 0.29) is 23.5 Å². The Morgan fingerprint density at radius 2 is 1.73 bits per heavy atom. The van der Waals surface area contributed by atoms with Gasteiger partial charge in [0.05, 0.1) is 13.0 Å². The van der Waals surface area contributed by atoms with Gasteiger partial charge in [0, 0.05) is 37.7 Å². The predicted molar refractivity (Wildman–Crippen MR) is 83.0 cm³/mol. The number of likely N-dealkylation sites (tertiary alicyclic amines) is 1. The third-order valence-electron chi connectivity index (χ3n) is 4.68. The van der Waals surface area contributed by atoms with Gasteiger partial charge in [0.2, 0.25) is 5.91 Å². The molecule has 1 amide bonds. The second-order valence-corrected chi connectivity index (χ2v) is 6.05. The Morgan fingerprint density at radius 3 is 2.23 bits per heavy atom. The highest BCUT2D eigenvalue weighted by atomic mass is 16.5. The van der Waals surface area contributed by atoms with Crippen LogP contribution in [-0.2, 0) is 4.79 Å². The van der Waals surface area contributed by atoms with Crippen LogP contribution in [-0.4, -0.2) is 49.9 Å². The summed E-state index contributed by atoms with van der Waals surface area (Å²) in [5, 5.41) is 3.13. The molecule has 2 fully saturated rings. The highest BCUT2D eigenvalue weighted by molar-refractivity contribution is 5.98. The fourth-order valence-electron chi connectivity index (χ4n) is 3.07. The van der Waals surface area contributed by atoms with Crippen molar-refractivity contribution in [3.63, 3.8) is 0 Å². The number of rotatable bonds is 4. The molecule has 5 nitrogen and oxygen atoms in total. The summed E-state index contributed by atoms with van der Waals surface area (Å²) in [5.74, 6) is 1.35. The molecule has 118 valence electrons. The number of benzene rings is 1. The van der Waals surface area contributed by atoms with Crippen molar-refractivity contribution in [1.82, 2.24) is 10.2 Å². The SMILES string of the molecule is COc1ccc(C(=O)C2CCN(C(=O)C3CNC3)CC2)cc1. The molecule has 0 bridgehead atoms. The standard InChI is InChI=1S/C17H22N2O3/c1-22-15-4-2-12(3-5-15)16(20)13-6-8-19(9-7-13)17(21)14-10-18-11-14/h2-5,13-14,18H,6-11H2,1H3. The van der Waals surface area contributed by atoms with Gasteiger partial charge in [-0.3, -0.25) is 9.59 Å². The maximum atomic E-state index is 12.5. The van der Waals surface area contributed by atoms with Gasteiger partial charge >= 0.3 is 0 Å². The molecule has 1 aromatic carbocycles. The van der Waals surface area contributed by atoms with E-state index in [0.717, 1.165) is 37.2 Å². The highest BCUT2D eigenvalue weighted by Gasteiger charge is 2.33. The van der Waals surface area contributed by atoms with Crippen LogP contribution in [0.1, 0.15) is 23.2 Å². The number of nitrogens with one attached hydrogen (secondary N) is 1. The van der Waals surface area contributed by atoms with Crippen LogP contribution >= 0.6 is 0 Å². The molecule has 0 aliphatic carbocycles. The minimum Gasteiger partial charge on any atom is -0.497 e. The maximum Gasteiger partial charge on any atom is 0.228 e. The van der Waals surface area contributed by atoms with E-state index >= 15 is 0 Å². The lowest BCUT2D eigenvalue weighted by atomic mass is 9.88. The van der Waals surface area contributed by atoms with Crippen molar-refractivity contribution in [1.29, 1.82) is 0 Å². The van der Waals surface area contributed by atoms with E-state index in [1.807, 2.05) is 29.2 Å². The summed E-state index contributed by atoms with van der Waals surface area (Å²) in [6, 6.07) is 7.27. The molecule has 3 rings (SSSR count). The average Bonchev–Trinajstić information content (AvgIpc) is 2.53. The number of nitrogens with zero attached hydrogens (tertiary/aromatic N) is 1. The van der Waals surface area contributed by atoms with Crippen molar-refractivity contribution in [2.45, 2.75) is 12.8 Å². The molecule has 0 radical (unpaired) electrons. The largest absolute Gasteiger partial charge is 0.497 e.